The summed E-state index contributed by atoms with van der Waals surface area (Å²) < 4.78 is 6.04. The number of piperidine rings is 1. The van der Waals surface area contributed by atoms with E-state index in [2.05, 4.69) is 30.8 Å². The van der Waals surface area contributed by atoms with E-state index in [1.807, 2.05) is 0 Å². The van der Waals surface area contributed by atoms with Crippen LogP contribution >= 0.6 is 0 Å². The standard InChI is InChI=1S/C14H27N3O2/c1-13(2)5-4-11(19-13)10-17-8-6-14(3,7-9-17)12(15)16-18/h11,18H,4-10H2,1-3H3,(H2,15,16). The first-order valence-corrected chi connectivity index (χ1v) is 7.23. The highest BCUT2D eigenvalue weighted by atomic mass is 16.5. The Labute approximate surface area is 115 Å². The minimum absolute atomic E-state index is 0.0446. The summed E-state index contributed by atoms with van der Waals surface area (Å²) in [4.78, 5) is 2.44. The van der Waals surface area contributed by atoms with Crippen LogP contribution in [0.5, 0.6) is 0 Å². The monoisotopic (exact) mass is 269 g/mol. The van der Waals surface area contributed by atoms with E-state index >= 15 is 0 Å². The first-order valence-electron chi connectivity index (χ1n) is 7.23. The Kier molecular flexibility index (Phi) is 4.06. The second-order valence-electron chi connectivity index (χ2n) is 6.88. The van der Waals surface area contributed by atoms with Gasteiger partial charge in [0.05, 0.1) is 11.7 Å². The fraction of sp³-hybridized carbons (Fsp3) is 0.929. The maximum absolute atomic E-state index is 8.83. The van der Waals surface area contributed by atoms with E-state index in [0.29, 0.717) is 11.9 Å². The first-order chi connectivity index (χ1) is 8.85. The predicted molar refractivity (Wildman–Crippen MR) is 75.4 cm³/mol. The van der Waals surface area contributed by atoms with Crippen LogP contribution in [-0.2, 0) is 4.74 Å². The molecule has 1 atom stereocenters. The minimum Gasteiger partial charge on any atom is -0.409 e. The lowest BCUT2D eigenvalue weighted by Crippen LogP contribution is -2.47. The lowest BCUT2D eigenvalue weighted by molar-refractivity contribution is -0.0329. The summed E-state index contributed by atoms with van der Waals surface area (Å²) in [7, 11) is 0. The molecule has 0 aromatic rings. The molecule has 110 valence electrons. The van der Waals surface area contributed by atoms with Crippen LogP contribution in [0.4, 0.5) is 0 Å². The summed E-state index contributed by atoms with van der Waals surface area (Å²) in [5, 5.41) is 12.0. The van der Waals surface area contributed by atoms with Crippen molar-refractivity contribution in [3.8, 4) is 0 Å². The zero-order chi connectivity index (χ0) is 14.1. The Morgan fingerprint density at radius 2 is 1.95 bits per heavy atom. The molecule has 2 fully saturated rings. The molecule has 5 heteroatoms. The van der Waals surface area contributed by atoms with Crippen molar-refractivity contribution in [1.29, 1.82) is 0 Å². The summed E-state index contributed by atoms with van der Waals surface area (Å²) in [6, 6.07) is 0. The van der Waals surface area contributed by atoms with Gasteiger partial charge in [-0.05, 0) is 52.6 Å². The van der Waals surface area contributed by atoms with Crippen molar-refractivity contribution in [1.82, 2.24) is 4.90 Å². The molecule has 0 aromatic carbocycles. The third-order valence-electron chi connectivity index (χ3n) is 4.70. The Morgan fingerprint density at radius 3 is 2.42 bits per heavy atom. The Hall–Kier alpha value is -0.810. The fourth-order valence-electron chi connectivity index (χ4n) is 3.10. The molecule has 0 spiro atoms. The molecule has 2 saturated heterocycles. The van der Waals surface area contributed by atoms with E-state index in [-0.39, 0.29) is 11.0 Å². The van der Waals surface area contributed by atoms with Crippen LogP contribution in [0.3, 0.4) is 0 Å². The minimum atomic E-state index is -0.152. The molecule has 2 rings (SSSR count). The lowest BCUT2D eigenvalue weighted by Gasteiger charge is -2.39. The molecule has 5 nitrogen and oxygen atoms in total. The van der Waals surface area contributed by atoms with Crippen molar-refractivity contribution < 1.29 is 9.94 Å². The Balaban J connectivity index is 1.81. The van der Waals surface area contributed by atoms with Crippen LogP contribution in [-0.4, -0.2) is 47.3 Å². The summed E-state index contributed by atoms with van der Waals surface area (Å²) >= 11 is 0. The highest BCUT2D eigenvalue weighted by molar-refractivity contribution is 5.85. The van der Waals surface area contributed by atoms with Gasteiger partial charge in [0.25, 0.3) is 0 Å². The summed E-state index contributed by atoms with van der Waals surface area (Å²) in [5.74, 6) is 0.366. The van der Waals surface area contributed by atoms with E-state index in [9.17, 15) is 0 Å². The number of amidine groups is 1. The van der Waals surface area contributed by atoms with Gasteiger partial charge in [-0.2, -0.15) is 0 Å². The molecule has 2 heterocycles. The molecule has 0 saturated carbocycles. The average Bonchev–Trinajstić information content (AvgIpc) is 2.71. The molecule has 2 aliphatic heterocycles. The topological polar surface area (TPSA) is 71.1 Å². The first kappa shape index (κ1) is 14.6. The van der Waals surface area contributed by atoms with Gasteiger partial charge in [0.1, 0.15) is 5.84 Å². The lowest BCUT2D eigenvalue weighted by atomic mass is 9.79. The molecular formula is C14H27N3O2. The normalized spacial score (nSPS) is 31.5. The van der Waals surface area contributed by atoms with Crippen molar-refractivity contribution in [2.45, 2.75) is 58.2 Å². The van der Waals surface area contributed by atoms with Gasteiger partial charge in [-0.25, -0.2) is 0 Å². The highest BCUT2D eigenvalue weighted by Crippen LogP contribution is 2.33. The number of nitrogens with two attached hydrogens (primary N) is 1. The molecule has 0 aromatic heterocycles. The number of hydrogen-bond acceptors (Lipinski definition) is 4. The van der Waals surface area contributed by atoms with Gasteiger partial charge in [-0.3, -0.25) is 0 Å². The molecule has 1 unspecified atom stereocenters. The van der Waals surface area contributed by atoms with Gasteiger partial charge in [-0.15, -0.1) is 0 Å². The van der Waals surface area contributed by atoms with Crippen LogP contribution in [0.1, 0.15) is 46.5 Å². The number of oxime groups is 1. The maximum Gasteiger partial charge on any atom is 0.145 e. The number of hydrogen-bond donors (Lipinski definition) is 2. The van der Waals surface area contributed by atoms with E-state index in [1.54, 1.807) is 0 Å². The van der Waals surface area contributed by atoms with Gasteiger partial charge < -0.3 is 20.6 Å². The van der Waals surface area contributed by atoms with Crippen LogP contribution in [0.2, 0.25) is 0 Å². The third kappa shape index (κ3) is 3.39. The zero-order valence-electron chi connectivity index (χ0n) is 12.4. The highest BCUT2D eigenvalue weighted by Gasteiger charge is 2.37. The molecule has 0 radical (unpaired) electrons. The third-order valence-corrected chi connectivity index (χ3v) is 4.70. The molecule has 0 amide bonds. The molecular weight excluding hydrogens is 242 g/mol. The molecule has 19 heavy (non-hydrogen) atoms. The second kappa shape index (κ2) is 5.29. The molecule has 3 N–H and O–H groups in total. The van der Waals surface area contributed by atoms with E-state index in [4.69, 9.17) is 15.7 Å². The fourth-order valence-corrected chi connectivity index (χ4v) is 3.10. The molecule has 0 bridgehead atoms. The summed E-state index contributed by atoms with van der Waals surface area (Å²) in [5.41, 5.74) is 5.68. The Morgan fingerprint density at radius 1 is 1.32 bits per heavy atom. The van der Waals surface area contributed by atoms with Crippen molar-refractivity contribution >= 4 is 5.84 Å². The molecule has 0 aliphatic carbocycles. The van der Waals surface area contributed by atoms with Gasteiger partial charge in [0.15, 0.2) is 0 Å². The SMILES string of the molecule is CC1(C)CCC(CN2CCC(C)(C(N)=NO)CC2)O1. The van der Waals surface area contributed by atoms with Crippen LogP contribution in [0.15, 0.2) is 5.16 Å². The van der Waals surface area contributed by atoms with Gasteiger partial charge in [-0.1, -0.05) is 12.1 Å². The number of likely N-dealkylation sites (tertiary alicyclic amines) is 1. The maximum atomic E-state index is 8.83. The number of ether oxygens (including phenoxy) is 1. The zero-order valence-corrected chi connectivity index (χ0v) is 12.4. The second-order valence-corrected chi connectivity index (χ2v) is 6.88. The largest absolute Gasteiger partial charge is 0.409 e. The predicted octanol–water partition coefficient (Wildman–Crippen LogP) is 1.79. The van der Waals surface area contributed by atoms with Crippen LogP contribution in [0, 0.1) is 5.41 Å². The quantitative estimate of drug-likeness (QED) is 0.355. The van der Waals surface area contributed by atoms with Crippen LogP contribution in [0.25, 0.3) is 0 Å². The van der Waals surface area contributed by atoms with E-state index < -0.39 is 0 Å². The van der Waals surface area contributed by atoms with Gasteiger partial charge >= 0.3 is 0 Å². The summed E-state index contributed by atoms with van der Waals surface area (Å²) in [6.45, 7) is 9.40. The number of rotatable bonds is 3. The van der Waals surface area contributed by atoms with Crippen molar-refractivity contribution in [3.05, 3.63) is 0 Å². The van der Waals surface area contributed by atoms with E-state index in [0.717, 1.165) is 45.3 Å². The van der Waals surface area contributed by atoms with E-state index in [1.165, 1.54) is 0 Å². The van der Waals surface area contributed by atoms with Crippen molar-refractivity contribution in [2.24, 2.45) is 16.3 Å². The van der Waals surface area contributed by atoms with Gasteiger partial charge in [0.2, 0.25) is 0 Å². The van der Waals surface area contributed by atoms with Gasteiger partial charge in [0, 0.05) is 12.0 Å². The van der Waals surface area contributed by atoms with Crippen LogP contribution < -0.4 is 5.73 Å². The Bertz CT molecular complexity index is 347. The van der Waals surface area contributed by atoms with Crippen molar-refractivity contribution in [3.63, 3.8) is 0 Å². The molecule has 2 aliphatic rings. The number of nitrogens with zero attached hydrogens (tertiary/aromatic N) is 2. The average molecular weight is 269 g/mol. The van der Waals surface area contributed by atoms with Crippen molar-refractivity contribution in [2.75, 3.05) is 19.6 Å². The summed E-state index contributed by atoms with van der Waals surface area (Å²) in [6.07, 6.45) is 4.55. The smallest absolute Gasteiger partial charge is 0.145 e.